The van der Waals surface area contributed by atoms with Gasteiger partial charge in [-0.2, -0.15) is 0 Å². The number of rotatable bonds is 5. The average molecular weight is 354 g/mol. The second-order valence-corrected chi connectivity index (χ2v) is 6.80. The molecule has 1 aliphatic rings. The van der Waals surface area contributed by atoms with Crippen molar-refractivity contribution >= 4 is 11.9 Å². The fraction of sp³-hybridized carbons (Fsp3) is 0.450. The van der Waals surface area contributed by atoms with Crippen molar-refractivity contribution in [3.05, 3.63) is 47.3 Å². The Morgan fingerprint density at radius 3 is 2.58 bits per heavy atom. The normalized spacial score (nSPS) is 17.0. The van der Waals surface area contributed by atoms with Crippen LogP contribution >= 0.6 is 0 Å². The van der Waals surface area contributed by atoms with E-state index in [0.717, 1.165) is 48.0 Å². The highest BCUT2D eigenvalue weighted by Gasteiger charge is 2.27. The lowest BCUT2D eigenvalue weighted by molar-refractivity contribution is -0.125. The monoisotopic (exact) mass is 354 g/mol. The van der Waals surface area contributed by atoms with Crippen LogP contribution < -0.4 is 15.0 Å². The molecule has 0 spiro atoms. The van der Waals surface area contributed by atoms with Gasteiger partial charge in [0.05, 0.1) is 13.0 Å². The summed E-state index contributed by atoms with van der Waals surface area (Å²) in [4.78, 5) is 23.8. The lowest BCUT2D eigenvalue weighted by Gasteiger charge is -2.32. The highest BCUT2D eigenvalue weighted by atomic mass is 16.5. The van der Waals surface area contributed by atoms with Gasteiger partial charge in [-0.25, -0.2) is 9.97 Å². The molecule has 1 unspecified atom stereocenters. The Hall–Kier alpha value is -2.63. The second kappa shape index (κ2) is 8.17. The lowest BCUT2D eigenvalue weighted by atomic mass is 9.97. The minimum atomic E-state index is -0.0357. The van der Waals surface area contributed by atoms with E-state index in [-0.39, 0.29) is 11.8 Å². The van der Waals surface area contributed by atoms with Crippen LogP contribution in [0.5, 0.6) is 5.75 Å². The molecule has 1 aromatic carbocycles. The van der Waals surface area contributed by atoms with Crippen molar-refractivity contribution in [3.8, 4) is 5.75 Å². The van der Waals surface area contributed by atoms with Gasteiger partial charge in [-0.15, -0.1) is 0 Å². The number of carbonyl (C=O) groups is 1. The van der Waals surface area contributed by atoms with Gasteiger partial charge in [-0.3, -0.25) is 4.79 Å². The summed E-state index contributed by atoms with van der Waals surface area (Å²) < 4.78 is 5.16. The van der Waals surface area contributed by atoms with Crippen LogP contribution in [0.3, 0.4) is 0 Å². The standard InChI is InChI=1S/C20H26N4O2/c1-14-11-15(2)23-20(22-14)24-10-4-5-17(13-24)19(25)21-12-16-6-8-18(26-3)9-7-16/h6-9,11,17H,4-5,10,12-13H2,1-3H3,(H,21,25). The maximum Gasteiger partial charge on any atom is 0.225 e. The molecule has 1 fully saturated rings. The van der Waals surface area contributed by atoms with Crippen LogP contribution in [0.25, 0.3) is 0 Å². The van der Waals surface area contributed by atoms with Crippen molar-refractivity contribution in [3.63, 3.8) is 0 Å². The Bertz CT molecular complexity index is 741. The van der Waals surface area contributed by atoms with Crippen LogP contribution in [-0.4, -0.2) is 36.1 Å². The molecule has 2 aromatic rings. The minimum Gasteiger partial charge on any atom is -0.497 e. The van der Waals surface area contributed by atoms with Crippen molar-refractivity contribution < 1.29 is 9.53 Å². The van der Waals surface area contributed by atoms with E-state index in [1.54, 1.807) is 7.11 Å². The predicted octanol–water partition coefficient (Wildman–Crippen LogP) is 2.63. The molecular formula is C20H26N4O2. The Kier molecular flexibility index (Phi) is 5.71. The van der Waals surface area contributed by atoms with Gasteiger partial charge in [0.15, 0.2) is 0 Å². The first kappa shape index (κ1) is 18.2. The average Bonchev–Trinajstić information content (AvgIpc) is 2.66. The number of methoxy groups -OCH3 is 1. The van der Waals surface area contributed by atoms with Crippen LogP contribution in [-0.2, 0) is 11.3 Å². The van der Waals surface area contributed by atoms with Gasteiger partial charge in [0.2, 0.25) is 11.9 Å². The molecule has 1 N–H and O–H groups in total. The van der Waals surface area contributed by atoms with E-state index in [1.165, 1.54) is 0 Å². The van der Waals surface area contributed by atoms with Gasteiger partial charge in [0.25, 0.3) is 0 Å². The first-order chi connectivity index (χ1) is 12.5. The van der Waals surface area contributed by atoms with E-state index in [1.807, 2.05) is 44.2 Å². The highest BCUT2D eigenvalue weighted by Crippen LogP contribution is 2.21. The fourth-order valence-corrected chi connectivity index (χ4v) is 3.30. The molecule has 0 saturated carbocycles. The van der Waals surface area contributed by atoms with Gasteiger partial charge in [0.1, 0.15) is 5.75 Å². The summed E-state index contributed by atoms with van der Waals surface area (Å²) in [5, 5.41) is 3.05. The Morgan fingerprint density at radius 1 is 1.23 bits per heavy atom. The molecule has 1 aliphatic heterocycles. The third kappa shape index (κ3) is 4.50. The summed E-state index contributed by atoms with van der Waals surface area (Å²) >= 11 is 0. The molecule has 6 heteroatoms. The highest BCUT2D eigenvalue weighted by molar-refractivity contribution is 5.79. The number of amides is 1. The number of hydrogen-bond acceptors (Lipinski definition) is 5. The number of aromatic nitrogens is 2. The number of anilines is 1. The molecule has 2 heterocycles. The van der Waals surface area contributed by atoms with Gasteiger partial charge in [-0.05, 0) is 50.5 Å². The number of hydrogen-bond donors (Lipinski definition) is 1. The number of aryl methyl sites for hydroxylation is 2. The summed E-state index contributed by atoms with van der Waals surface area (Å²) in [5.74, 6) is 1.60. The fourth-order valence-electron chi connectivity index (χ4n) is 3.30. The van der Waals surface area contributed by atoms with Gasteiger partial charge in [0, 0.05) is 31.0 Å². The quantitative estimate of drug-likeness (QED) is 0.894. The molecule has 0 radical (unpaired) electrons. The molecule has 6 nitrogen and oxygen atoms in total. The summed E-state index contributed by atoms with van der Waals surface area (Å²) in [7, 11) is 1.64. The van der Waals surface area contributed by atoms with Crippen molar-refractivity contribution in [2.45, 2.75) is 33.2 Å². The van der Waals surface area contributed by atoms with Gasteiger partial charge in [-0.1, -0.05) is 12.1 Å². The van der Waals surface area contributed by atoms with E-state index in [2.05, 4.69) is 20.2 Å². The number of carbonyl (C=O) groups excluding carboxylic acids is 1. The molecular weight excluding hydrogens is 328 g/mol. The molecule has 1 saturated heterocycles. The van der Waals surface area contributed by atoms with Crippen LogP contribution in [0.2, 0.25) is 0 Å². The first-order valence-corrected chi connectivity index (χ1v) is 9.03. The van der Waals surface area contributed by atoms with E-state index in [9.17, 15) is 4.79 Å². The molecule has 1 amide bonds. The van der Waals surface area contributed by atoms with Gasteiger partial charge < -0.3 is 15.0 Å². The third-order valence-electron chi connectivity index (χ3n) is 4.67. The topological polar surface area (TPSA) is 67.3 Å². The zero-order chi connectivity index (χ0) is 18.5. The van der Waals surface area contributed by atoms with Crippen molar-refractivity contribution in [1.29, 1.82) is 0 Å². The summed E-state index contributed by atoms with van der Waals surface area (Å²) in [6.07, 6.45) is 1.87. The second-order valence-electron chi connectivity index (χ2n) is 6.80. The van der Waals surface area contributed by atoms with Crippen molar-refractivity contribution in [2.75, 3.05) is 25.1 Å². The first-order valence-electron chi connectivity index (χ1n) is 9.03. The number of piperidine rings is 1. The van der Waals surface area contributed by atoms with E-state index in [0.29, 0.717) is 13.1 Å². The Balaban J connectivity index is 1.58. The predicted molar refractivity (Wildman–Crippen MR) is 101 cm³/mol. The number of nitrogens with one attached hydrogen (secondary N) is 1. The Morgan fingerprint density at radius 2 is 1.92 bits per heavy atom. The molecule has 0 bridgehead atoms. The zero-order valence-electron chi connectivity index (χ0n) is 15.7. The summed E-state index contributed by atoms with van der Waals surface area (Å²) in [5.41, 5.74) is 2.97. The number of benzene rings is 1. The van der Waals surface area contributed by atoms with Crippen molar-refractivity contribution in [1.82, 2.24) is 15.3 Å². The smallest absolute Gasteiger partial charge is 0.225 e. The Labute approximate surface area is 154 Å². The van der Waals surface area contributed by atoms with Crippen molar-refractivity contribution in [2.24, 2.45) is 5.92 Å². The van der Waals surface area contributed by atoms with Crippen LogP contribution in [0.4, 0.5) is 5.95 Å². The number of nitrogens with zero attached hydrogens (tertiary/aromatic N) is 3. The summed E-state index contributed by atoms with van der Waals surface area (Å²) in [6.45, 7) is 6.03. The van der Waals surface area contributed by atoms with Crippen LogP contribution in [0, 0.1) is 19.8 Å². The molecule has 1 aromatic heterocycles. The van der Waals surface area contributed by atoms with Crippen LogP contribution in [0.1, 0.15) is 29.8 Å². The third-order valence-corrected chi connectivity index (χ3v) is 4.67. The largest absolute Gasteiger partial charge is 0.497 e. The molecule has 0 aliphatic carbocycles. The van der Waals surface area contributed by atoms with Gasteiger partial charge >= 0.3 is 0 Å². The molecule has 26 heavy (non-hydrogen) atoms. The lowest BCUT2D eigenvalue weighted by Crippen LogP contribution is -2.43. The number of ether oxygens (including phenoxy) is 1. The zero-order valence-corrected chi connectivity index (χ0v) is 15.7. The van der Waals surface area contributed by atoms with Crippen LogP contribution in [0.15, 0.2) is 30.3 Å². The maximum atomic E-state index is 12.6. The molecule has 3 rings (SSSR count). The molecule has 138 valence electrons. The molecule has 1 atom stereocenters. The van der Waals surface area contributed by atoms with E-state index in [4.69, 9.17) is 4.74 Å². The SMILES string of the molecule is COc1ccc(CNC(=O)C2CCCN(c3nc(C)cc(C)n3)C2)cc1. The minimum absolute atomic E-state index is 0.0357. The van der Waals surface area contributed by atoms with E-state index >= 15 is 0 Å². The van der Waals surface area contributed by atoms with E-state index < -0.39 is 0 Å². The summed E-state index contributed by atoms with van der Waals surface area (Å²) in [6, 6.07) is 9.71. The maximum absolute atomic E-state index is 12.6.